The summed E-state index contributed by atoms with van der Waals surface area (Å²) < 4.78 is 80.5. The van der Waals surface area contributed by atoms with E-state index in [1.807, 2.05) is 0 Å². The molecule has 1 heterocycles. The van der Waals surface area contributed by atoms with Crippen LogP contribution in [0.4, 0.5) is 17.6 Å². The molecule has 2 aromatic carbocycles. The average Bonchev–Trinajstić information content (AvgIpc) is 3.11. The highest BCUT2D eigenvalue weighted by atomic mass is 32.2. The molecule has 0 aliphatic carbocycles. The van der Waals surface area contributed by atoms with Crippen LogP contribution in [0, 0.1) is 5.82 Å². The van der Waals surface area contributed by atoms with E-state index in [4.69, 9.17) is 0 Å². The first-order chi connectivity index (χ1) is 13.1. The maximum atomic E-state index is 13.4. The Morgan fingerprint density at radius 3 is 2.43 bits per heavy atom. The SMILES string of the molecule is CC(NS(=O)(=O)c1ccc(F)c(C(F)(F)F)c1)c1nnnn1-c1ccccc1. The molecule has 0 saturated carbocycles. The van der Waals surface area contributed by atoms with Crippen LogP contribution < -0.4 is 4.72 Å². The van der Waals surface area contributed by atoms with Crippen LogP contribution in [0.3, 0.4) is 0 Å². The molecule has 1 aromatic heterocycles. The largest absolute Gasteiger partial charge is 0.419 e. The van der Waals surface area contributed by atoms with Gasteiger partial charge in [-0.05, 0) is 47.7 Å². The molecule has 0 aliphatic rings. The molecule has 0 aliphatic heterocycles. The van der Waals surface area contributed by atoms with Crippen LogP contribution in [0.1, 0.15) is 24.4 Å². The van der Waals surface area contributed by atoms with Crippen molar-refractivity contribution in [2.24, 2.45) is 0 Å². The Balaban J connectivity index is 1.91. The second kappa shape index (κ2) is 7.28. The van der Waals surface area contributed by atoms with Crippen LogP contribution in [0.25, 0.3) is 5.69 Å². The van der Waals surface area contributed by atoms with Gasteiger partial charge in [0.25, 0.3) is 0 Å². The number of hydrogen-bond donors (Lipinski definition) is 1. The van der Waals surface area contributed by atoms with Crippen molar-refractivity contribution < 1.29 is 26.0 Å². The third-order valence-corrected chi connectivity index (χ3v) is 5.31. The fourth-order valence-corrected chi connectivity index (χ4v) is 3.69. The number of hydrogen-bond acceptors (Lipinski definition) is 5. The fraction of sp³-hybridized carbons (Fsp3) is 0.188. The highest BCUT2D eigenvalue weighted by molar-refractivity contribution is 7.89. The quantitative estimate of drug-likeness (QED) is 0.648. The van der Waals surface area contributed by atoms with Crippen molar-refractivity contribution in [1.82, 2.24) is 24.9 Å². The smallest absolute Gasteiger partial charge is 0.207 e. The van der Waals surface area contributed by atoms with Crippen molar-refractivity contribution in [2.75, 3.05) is 0 Å². The lowest BCUT2D eigenvalue weighted by molar-refractivity contribution is -0.140. The minimum Gasteiger partial charge on any atom is -0.207 e. The van der Waals surface area contributed by atoms with E-state index < -0.39 is 38.5 Å². The van der Waals surface area contributed by atoms with Crippen molar-refractivity contribution in [3.63, 3.8) is 0 Å². The molecule has 7 nitrogen and oxygen atoms in total. The summed E-state index contributed by atoms with van der Waals surface area (Å²) in [4.78, 5) is -0.730. The molecule has 0 saturated heterocycles. The molecular weight excluding hydrogens is 402 g/mol. The maximum Gasteiger partial charge on any atom is 0.419 e. The lowest BCUT2D eigenvalue weighted by Gasteiger charge is -2.15. The topological polar surface area (TPSA) is 89.8 Å². The van der Waals surface area contributed by atoms with Crippen molar-refractivity contribution >= 4 is 10.0 Å². The molecule has 0 fully saturated rings. The number of benzene rings is 2. The summed E-state index contributed by atoms with van der Waals surface area (Å²) >= 11 is 0. The fourth-order valence-electron chi connectivity index (χ4n) is 2.46. The number of halogens is 4. The molecule has 3 aromatic rings. The molecule has 0 spiro atoms. The summed E-state index contributed by atoms with van der Waals surface area (Å²) in [5.74, 6) is -1.44. The van der Waals surface area contributed by atoms with Gasteiger partial charge in [0, 0.05) is 0 Å². The number of sulfonamides is 1. The maximum absolute atomic E-state index is 13.4. The summed E-state index contributed by atoms with van der Waals surface area (Å²) in [7, 11) is -4.41. The van der Waals surface area contributed by atoms with Gasteiger partial charge in [-0.1, -0.05) is 18.2 Å². The lowest BCUT2D eigenvalue weighted by atomic mass is 10.2. The van der Waals surface area contributed by atoms with E-state index in [2.05, 4.69) is 20.2 Å². The number of tetrazole rings is 1. The van der Waals surface area contributed by atoms with Crippen LogP contribution >= 0.6 is 0 Å². The number of nitrogens with zero attached hydrogens (tertiary/aromatic N) is 4. The molecule has 28 heavy (non-hydrogen) atoms. The van der Waals surface area contributed by atoms with E-state index >= 15 is 0 Å². The highest BCUT2D eigenvalue weighted by Crippen LogP contribution is 2.33. The number of aromatic nitrogens is 4. The Labute approximate surface area is 157 Å². The molecule has 1 unspecified atom stereocenters. The van der Waals surface area contributed by atoms with Crippen molar-refractivity contribution in [1.29, 1.82) is 0 Å². The zero-order chi connectivity index (χ0) is 20.5. The average molecular weight is 415 g/mol. The van der Waals surface area contributed by atoms with Gasteiger partial charge in [0.05, 0.1) is 22.2 Å². The van der Waals surface area contributed by atoms with E-state index in [9.17, 15) is 26.0 Å². The van der Waals surface area contributed by atoms with Gasteiger partial charge in [-0.15, -0.1) is 5.10 Å². The van der Waals surface area contributed by atoms with Crippen molar-refractivity contribution in [2.45, 2.75) is 24.0 Å². The van der Waals surface area contributed by atoms with Gasteiger partial charge < -0.3 is 0 Å². The van der Waals surface area contributed by atoms with Gasteiger partial charge in [0.15, 0.2) is 5.82 Å². The lowest BCUT2D eigenvalue weighted by Crippen LogP contribution is -2.29. The molecular formula is C16H13F4N5O2S. The summed E-state index contributed by atoms with van der Waals surface area (Å²) in [6, 6.07) is 9.07. The first-order valence-electron chi connectivity index (χ1n) is 7.82. The van der Waals surface area contributed by atoms with E-state index in [0.29, 0.717) is 11.8 Å². The van der Waals surface area contributed by atoms with Crippen LogP contribution in [0.5, 0.6) is 0 Å². The van der Waals surface area contributed by atoms with Crippen LogP contribution in [0.15, 0.2) is 53.4 Å². The van der Waals surface area contributed by atoms with Gasteiger partial charge in [-0.25, -0.2) is 17.5 Å². The summed E-state index contributed by atoms with van der Waals surface area (Å²) in [5.41, 5.74) is -1.10. The molecule has 1 atom stereocenters. The second-order valence-electron chi connectivity index (χ2n) is 5.77. The molecule has 0 radical (unpaired) electrons. The Bertz CT molecular complexity index is 1080. The molecule has 148 valence electrons. The van der Waals surface area contributed by atoms with E-state index in [1.54, 1.807) is 30.3 Å². The van der Waals surface area contributed by atoms with E-state index in [-0.39, 0.29) is 11.9 Å². The van der Waals surface area contributed by atoms with Crippen LogP contribution in [0.2, 0.25) is 0 Å². The predicted molar refractivity (Wildman–Crippen MR) is 89.3 cm³/mol. The predicted octanol–water partition coefficient (Wildman–Crippen LogP) is 2.86. The molecule has 1 N–H and O–H groups in total. The minimum atomic E-state index is -5.03. The van der Waals surface area contributed by atoms with Crippen LogP contribution in [-0.4, -0.2) is 28.6 Å². The standard InChI is InChI=1S/C16H13F4N5O2S/c1-10(15-21-23-24-25(15)11-5-3-2-4-6-11)22-28(26,27)12-7-8-14(17)13(9-12)16(18,19)20/h2-10,22H,1H3. The van der Waals surface area contributed by atoms with Crippen LogP contribution in [-0.2, 0) is 16.2 Å². The Morgan fingerprint density at radius 2 is 1.79 bits per heavy atom. The molecule has 12 heteroatoms. The third-order valence-electron chi connectivity index (χ3n) is 3.77. The Hall–Kier alpha value is -2.86. The van der Waals surface area contributed by atoms with Gasteiger partial charge in [-0.3, -0.25) is 0 Å². The van der Waals surface area contributed by atoms with Crippen molar-refractivity contribution in [3.05, 3.63) is 65.7 Å². The first kappa shape index (κ1) is 19.9. The minimum absolute atomic E-state index is 0.118. The molecule has 0 bridgehead atoms. The van der Waals surface area contributed by atoms with Gasteiger partial charge in [0.2, 0.25) is 10.0 Å². The normalized spacial score (nSPS) is 13.5. The Morgan fingerprint density at radius 1 is 1.11 bits per heavy atom. The van der Waals surface area contributed by atoms with E-state index in [1.165, 1.54) is 11.6 Å². The highest BCUT2D eigenvalue weighted by Gasteiger charge is 2.35. The Kier molecular flexibility index (Phi) is 5.17. The molecule has 3 rings (SSSR count). The molecule has 0 amide bonds. The summed E-state index contributed by atoms with van der Waals surface area (Å²) in [5, 5.41) is 11.1. The van der Waals surface area contributed by atoms with Crippen molar-refractivity contribution in [3.8, 4) is 5.69 Å². The third kappa shape index (κ3) is 4.02. The van der Waals surface area contributed by atoms with E-state index in [0.717, 1.165) is 6.07 Å². The van der Waals surface area contributed by atoms with Gasteiger partial charge >= 0.3 is 6.18 Å². The monoisotopic (exact) mass is 415 g/mol. The number of para-hydroxylation sites is 1. The number of rotatable bonds is 5. The number of alkyl halides is 3. The summed E-state index contributed by atoms with van der Waals surface area (Å²) in [6.07, 6.45) is -5.03. The second-order valence-corrected chi connectivity index (χ2v) is 7.48. The zero-order valence-electron chi connectivity index (χ0n) is 14.2. The first-order valence-corrected chi connectivity index (χ1v) is 9.30. The summed E-state index contributed by atoms with van der Waals surface area (Å²) in [6.45, 7) is 1.43. The zero-order valence-corrected chi connectivity index (χ0v) is 15.0. The number of nitrogens with one attached hydrogen (secondary N) is 1. The van der Waals surface area contributed by atoms with Gasteiger partial charge in [0.1, 0.15) is 5.82 Å². The van der Waals surface area contributed by atoms with Gasteiger partial charge in [-0.2, -0.15) is 17.9 Å².